The third kappa shape index (κ3) is 2.52. The molecule has 0 aliphatic heterocycles. The molecule has 94 valence electrons. The second-order valence-corrected chi connectivity index (χ2v) is 5.47. The molecule has 0 amide bonds. The molecule has 1 unspecified atom stereocenters. The SMILES string of the molecule is Cc1ccc(F)c(C(C)(O)C2CCCCC2)c1. The number of rotatable bonds is 2. The number of hydrogen-bond donors (Lipinski definition) is 1. The standard InChI is InChI=1S/C15H21FO/c1-11-8-9-14(16)13(10-11)15(2,17)12-6-4-3-5-7-12/h8-10,12,17H,3-7H2,1-2H3. The molecule has 1 aromatic rings. The monoisotopic (exact) mass is 236 g/mol. The largest absolute Gasteiger partial charge is 0.385 e. The van der Waals surface area contributed by atoms with Gasteiger partial charge >= 0.3 is 0 Å². The van der Waals surface area contributed by atoms with Gasteiger partial charge in [-0.3, -0.25) is 0 Å². The lowest BCUT2D eigenvalue weighted by Gasteiger charge is -2.36. The van der Waals surface area contributed by atoms with Crippen LogP contribution >= 0.6 is 0 Å². The first kappa shape index (κ1) is 12.6. The van der Waals surface area contributed by atoms with Crippen LogP contribution in [0.2, 0.25) is 0 Å². The molecule has 2 rings (SSSR count). The summed E-state index contributed by atoms with van der Waals surface area (Å²) in [5, 5.41) is 10.7. The quantitative estimate of drug-likeness (QED) is 0.825. The molecule has 0 bridgehead atoms. The summed E-state index contributed by atoms with van der Waals surface area (Å²) < 4.78 is 13.9. The van der Waals surface area contributed by atoms with Crippen molar-refractivity contribution in [3.63, 3.8) is 0 Å². The molecule has 1 N–H and O–H groups in total. The lowest BCUT2D eigenvalue weighted by atomic mass is 9.74. The molecule has 1 aliphatic carbocycles. The van der Waals surface area contributed by atoms with Crippen molar-refractivity contribution in [1.29, 1.82) is 0 Å². The maximum Gasteiger partial charge on any atom is 0.129 e. The number of hydrogen-bond acceptors (Lipinski definition) is 1. The van der Waals surface area contributed by atoms with E-state index >= 15 is 0 Å². The molecule has 0 heterocycles. The minimum Gasteiger partial charge on any atom is -0.385 e. The topological polar surface area (TPSA) is 20.2 Å². The Labute approximate surface area is 103 Å². The maximum absolute atomic E-state index is 13.9. The van der Waals surface area contributed by atoms with Gasteiger partial charge in [-0.05, 0) is 38.7 Å². The molecule has 0 radical (unpaired) electrons. The van der Waals surface area contributed by atoms with Crippen molar-refractivity contribution in [2.45, 2.75) is 51.6 Å². The zero-order chi connectivity index (χ0) is 12.5. The van der Waals surface area contributed by atoms with Gasteiger partial charge in [-0.15, -0.1) is 0 Å². The van der Waals surface area contributed by atoms with Crippen molar-refractivity contribution in [3.05, 3.63) is 35.1 Å². The Bertz CT molecular complexity index is 392. The van der Waals surface area contributed by atoms with Crippen LogP contribution in [-0.2, 0) is 5.60 Å². The summed E-state index contributed by atoms with van der Waals surface area (Å²) in [6, 6.07) is 4.99. The van der Waals surface area contributed by atoms with E-state index in [1.165, 1.54) is 12.5 Å². The van der Waals surface area contributed by atoms with Crippen molar-refractivity contribution >= 4 is 0 Å². The average molecular weight is 236 g/mol. The van der Waals surface area contributed by atoms with Gasteiger partial charge in [-0.2, -0.15) is 0 Å². The summed E-state index contributed by atoms with van der Waals surface area (Å²) in [5.41, 5.74) is 0.429. The maximum atomic E-state index is 13.9. The van der Waals surface area contributed by atoms with Crippen LogP contribution in [0.4, 0.5) is 4.39 Å². The number of aliphatic hydroxyl groups is 1. The molecule has 1 saturated carbocycles. The predicted molar refractivity (Wildman–Crippen MR) is 67.3 cm³/mol. The van der Waals surface area contributed by atoms with Crippen LogP contribution in [0.3, 0.4) is 0 Å². The molecule has 1 aromatic carbocycles. The van der Waals surface area contributed by atoms with Gasteiger partial charge in [0.1, 0.15) is 5.82 Å². The van der Waals surface area contributed by atoms with Gasteiger partial charge < -0.3 is 5.11 Å². The summed E-state index contributed by atoms with van der Waals surface area (Å²) in [6.07, 6.45) is 5.53. The van der Waals surface area contributed by atoms with Crippen molar-refractivity contribution < 1.29 is 9.50 Å². The average Bonchev–Trinajstić information content (AvgIpc) is 2.33. The fraction of sp³-hybridized carbons (Fsp3) is 0.600. The molecular formula is C15H21FO. The van der Waals surface area contributed by atoms with Crippen LogP contribution < -0.4 is 0 Å². The van der Waals surface area contributed by atoms with Crippen molar-refractivity contribution in [1.82, 2.24) is 0 Å². The summed E-state index contributed by atoms with van der Waals surface area (Å²) in [5.74, 6) is -0.0984. The minimum absolute atomic E-state index is 0.188. The Balaban J connectivity index is 2.32. The number of aryl methyl sites for hydroxylation is 1. The minimum atomic E-state index is -1.03. The van der Waals surface area contributed by atoms with E-state index in [9.17, 15) is 9.50 Å². The third-order valence-electron chi connectivity index (χ3n) is 4.07. The highest BCUT2D eigenvalue weighted by molar-refractivity contribution is 5.29. The second-order valence-electron chi connectivity index (χ2n) is 5.47. The van der Waals surface area contributed by atoms with Crippen LogP contribution in [0.1, 0.15) is 50.2 Å². The molecule has 1 fully saturated rings. The molecule has 0 aromatic heterocycles. The molecule has 0 spiro atoms. The van der Waals surface area contributed by atoms with Crippen molar-refractivity contribution in [3.8, 4) is 0 Å². The molecule has 1 atom stereocenters. The molecule has 1 nitrogen and oxygen atoms in total. The fourth-order valence-electron chi connectivity index (χ4n) is 2.91. The highest BCUT2D eigenvalue weighted by Gasteiger charge is 2.36. The van der Waals surface area contributed by atoms with Gasteiger partial charge in [-0.25, -0.2) is 4.39 Å². The van der Waals surface area contributed by atoms with Gasteiger partial charge in [0.15, 0.2) is 0 Å². The van der Waals surface area contributed by atoms with Crippen molar-refractivity contribution in [2.24, 2.45) is 5.92 Å². The first-order valence-corrected chi connectivity index (χ1v) is 6.51. The number of halogens is 1. The van der Waals surface area contributed by atoms with E-state index in [4.69, 9.17) is 0 Å². The van der Waals surface area contributed by atoms with Crippen molar-refractivity contribution in [2.75, 3.05) is 0 Å². The highest BCUT2D eigenvalue weighted by Crippen LogP contribution is 2.40. The Kier molecular flexibility index (Phi) is 3.53. The van der Waals surface area contributed by atoms with Crippen LogP contribution in [0.5, 0.6) is 0 Å². The summed E-state index contributed by atoms with van der Waals surface area (Å²) in [7, 11) is 0. The lowest BCUT2D eigenvalue weighted by Crippen LogP contribution is -2.34. The highest BCUT2D eigenvalue weighted by atomic mass is 19.1. The molecule has 2 heteroatoms. The van der Waals surface area contributed by atoms with E-state index in [1.807, 2.05) is 6.92 Å². The van der Waals surface area contributed by atoms with E-state index in [0.29, 0.717) is 5.56 Å². The fourth-order valence-corrected chi connectivity index (χ4v) is 2.91. The summed E-state index contributed by atoms with van der Waals surface area (Å²) in [6.45, 7) is 3.70. The van der Waals surface area contributed by atoms with Crippen LogP contribution in [-0.4, -0.2) is 5.11 Å². The van der Waals surface area contributed by atoms with Gasteiger partial charge in [0.2, 0.25) is 0 Å². The van der Waals surface area contributed by atoms with E-state index in [0.717, 1.165) is 31.2 Å². The van der Waals surface area contributed by atoms with Gasteiger partial charge in [0.05, 0.1) is 5.60 Å². The Morgan fingerprint density at radius 3 is 2.53 bits per heavy atom. The summed E-state index contributed by atoms with van der Waals surface area (Å²) >= 11 is 0. The second kappa shape index (κ2) is 4.77. The zero-order valence-electron chi connectivity index (χ0n) is 10.7. The predicted octanol–water partition coefficient (Wildman–Crippen LogP) is 3.92. The number of benzene rings is 1. The Morgan fingerprint density at radius 2 is 1.88 bits per heavy atom. The van der Waals surface area contributed by atoms with Crippen LogP contribution in [0, 0.1) is 18.7 Å². The first-order valence-electron chi connectivity index (χ1n) is 6.51. The van der Waals surface area contributed by atoms with Gasteiger partial charge in [-0.1, -0.05) is 37.0 Å². The first-order chi connectivity index (χ1) is 8.01. The van der Waals surface area contributed by atoms with E-state index in [1.54, 1.807) is 19.1 Å². The Morgan fingerprint density at radius 1 is 1.24 bits per heavy atom. The zero-order valence-corrected chi connectivity index (χ0v) is 10.7. The molecule has 17 heavy (non-hydrogen) atoms. The van der Waals surface area contributed by atoms with E-state index < -0.39 is 5.60 Å². The lowest BCUT2D eigenvalue weighted by molar-refractivity contribution is -0.0243. The van der Waals surface area contributed by atoms with E-state index in [2.05, 4.69) is 0 Å². The molecule has 1 aliphatic rings. The molecular weight excluding hydrogens is 215 g/mol. The van der Waals surface area contributed by atoms with E-state index in [-0.39, 0.29) is 11.7 Å². The van der Waals surface area contributed by atoms with Gasteiger partial charge in [0.25, 0.3) is 0 Å². The normalized spacial score (nSPS) is 21.2. The van der Waals surface area contributed by atoms with Crippen LogP contribution in [0.15, 0.2) is 18.2 Å². The molecule has 0 saturated heterocycles. The van der Waals surface area contributed by atoms with Gasteiger partial charge in [0, 0.05) is 5.56 Å². The smallest absolute Gasteiger partial charge is 0.129 e. The van der Waals surface area contributed by atoms with Crippen LogP contribution in [0.25, 0.3) is 0 Å². The summed E-state index contributed by atoms with van der Waals surface area (Å²) in [4.78, 5) is 0. The third-order valence-corrected chi connectivity index (χ3v) is 4.07. The Hall–Kier alpha value is -0.890.